The van der Waals surface area contributed by atoms with Gasteiger partial charge in [-0.1, -0.05) is 0 Å². The summed E-state index contributed by atoms with van der Waals surface area (Å²) in [6.45, 7) is 0. The van der Waals surface area contributed by atoms with Crippen LogP contribution in [0.4, 0.5) is 0 Å². The third-order valence-electron chi connectivity index (χ3n) is 0. The van der Waals surface area contributed by atoms with E-state index in [-0.39, 0.29) is 134 Å². The molecule has 0 nitrogen and oxygen atoms in total. The van der Waals surface area contributed by atoms with Gasteiger partial charge in [-0.3, -0.25) is 0 Å². The van der Waals surface area contributed by atoms with E-state index in [1.807, 2.05) is 0 Å². The van der Waals surface area contributed by atoms with Gasteiger partial charge in [0.25, 0.3) is 0 Å². The van der Waals surface area contributed by atoms with E-state index in [0.717, 1.165) is 0 Å². The zero-order valence-corrected chi connectivity index (χ0v) is 11.3. The van der Waals surface area contributed by atoms with Crippen molar-refractivity contribution >= 4 is 45.5 Å². The Hall–Kier alpha value is 4.32. The third-order valence-corrected chi connectivity index (χ3v) is 0. The number of hydrogen-bond donors (Lipinski definition) is 0. The van der Waals surface area contributed by atoms with Gasteiger partial charge in [0, 0.05) is 85.2 Å². The zero-order valence-electron chi connectivity index (χ0n) is 4.00. The smallest absolute Gasteiger partial charge is 1.00 e. The van der Waals surface area contributed by atoms with E-state index in [1.165, 1.54) is 0 Å². The molecule has 0 unspecified atom stereocenters. The maximum atomic E-state index is 0. The molecule has 0 atom stereocenters. The average Bonchev–Trinajstić information content (AvgIpc) is 0. The molecule has 4 heavy (non-hydrogen) atoms. The quantitative estimate of drug-likeness (QED) is 0.500. The fourth-order valence-electron chi connectivity index (χ4n) is 0. The molecule has 0 aromatic carbocycles. The SMILES string of the molecule is [Er].[H-].[H-].[Sr+2].[Ti].[Zr]. The van der Waals surface area contributed by atoms with Crippen LogP contribution in [0.15, 0.2) is 0 Å². The summed E-state index contributed by atoms with van der Waals surface area (Å²) in [6.07, 6.45) is 0. The van der Waals surface area contributed by atoms with Crippen molar-refractivity contribution in [3.8, 4) is 0 Å². The Balaban J connectivity index is 0. The topological polar surface area (TPSA) is 0 Å². The van der Waals surface area contributed by atoms with Crippen molar-refractivity contribution in [3.05, 3.63) is 0 Å². The second-order valence-electron chi connectivity index (χ2n) is 0. The van der Waals surface area contributed by atoms with Gasteiger partial charge in [-0.25, -0.2) is 0 Å². The van der Waals surface area contributed by atoms with E-state index in [2.05, 4.69) is 0 Å². The Morgan fingerprint density at radius 3 is 1.25 bits per heavy atom. The Morgan fingerprint density at radius 1 is 1.25 bits per heavy atom. The average molecular weight is 396 g/mol. The van der Waals surface area contributed by atoms with E-state index in [1.54, 1.807) is 0 Å². The molecule has 0 heterocycles. The van der Waals surface area contributed by atoms with E-state index in [4.69, 9.17) is 0 Å². The van der Waals surface area contributed by atoms with Crippen LogP contribution in [0.25, 0.3) is 0 Å². The summed E-state index contributed by atoms with van der Waals surface area (Å²) < 4.78 is 0. The first-order chi connectivity index (χ1) is 0. The van der Waals surface area contributed by atoms with Crippen molar-refractivity contribution in [2.45, 2.75) is 0 Å². The minimum absolute atomic E-state index is 0. The first-order valence-corrected chi connectivity index (χ1v) is 0. The van der Waals surface area contributed by atoms with Crippen LogP contribution in [-0.2, 0) is 47.9 Å². The molecule has 4 heteroatoms. The second kappa shape index (κ2) is 15.7. The largest absolute Gasteiger partial charge is 2.00 e. The van der Waals surface area contributed by atoms with Gasteiger partial charge in [0.1, 0.15) is 0 Å². The molecule has 0 fully saturated rings. The number of hydrogen-bond acceptors (Lipinski definition) is 0. The first-order valence-electron chi connectivity index (χ1n) is 0. The molecule has 24 valence electrons. The molecular weight excluding hydrogens is 394 g/mol. The van der Waals surface area contributed by atoms with Gasteiger partial charge in [-0.05, 0) is 0 Å². The van der Waals surface area contributed by atoms with Crippen LogP contribution >= 0.6 is 0 Å². The number of rotatable bonds is 0. The summed E-state index contributed by atoms with van der Waals surface area (Å²) in [5.41, 5.74) is 0. The fraction of sp³-hybridized carbons (Fsp3) is 0. The van der Waals surface area contributed by atoms with Crippen LogP contribution in [0, 0.1) is 37.3 Å². The van der Waals surface area contributed by atoms with Crippen molar-refractivity contribution in [1.82, 2.24) is 0 Å². The summed E-state index contributed by atoms with van der Waals surface area (Å²) >= 11 is 0. The summed E-state index contributed by atoms with van der Waals surface area (Å²) in [5.74, 6) is 0. The van der Waals surface area contributed by atoms with Gasteiger partial charge < -0.3 is 2.85 Å². The van der Waals surface area contributed by atoms with Crippen molar-refractivity contribution in [3.63, 3.8) is 0 Å². The van der Waals surface area contributed by atoms with Crippen LogP contribution < -0.4 is 0 Å². The molecule has 0 saturated carbocycles. The maximum Gasteiger partial charge on any atom is 2.00 e. The van der Waals surface area contributed by atoms with Crippen molar-refractivity contribution in [2.75, 3.05) is 0 Å². The van der Waals surface area contributed by atoms with E-state index < -0.39 is 0 Å². The molecule has 0 bridgehead atoms. The molecule has 0 aliphatic rings. The minimum atomic E-state index is 0. The maximum absolute atomic E-state index is 0. The molecule has 0 aromatic rings. The van der Waals surface area contributed by atoms with Crippen LogP contribution in [0.1, 0.15) is 2.85 Å². The van der Waals surface area contributed by atoms with Crippen molar-refractivity contribution < 1.29 is 88.1 Å². The molecule has 0 radical (unpaired) electrons. The molecule has 0 spiro atoms. The summed E-state index contributed by atoms with van der Waals surface area (Å²) in [6, 6.07) is 0. The van der Waals surface area contributed by atoms with Crippen LogP contribution in [0.3, 0.4) is 0 Å². The zero-order chi connectivity index (χ0) is 0. The summed E-state index contributed by atoms with van der Waals surface area (Å²) in [4.78, 5) is 0. The molecule has 0 aliphatic heterocycles. The molecular formula is H2ErSrTiZr. The minimum Gasteiger partial charge on any atom is -1.00 e. The standard InChI is InChI=1S/Er.Sr.Ti.Zr.2H/q;+2;;;2*-1. The van der Waals surface area contributed by atoms with Gasteiger partial charge in [-0.15, -0.1) is 0 Å². The molecule has 0 amide bonds. The van der Waals surface area contributed by atoms with Crippen molar-refractivity contribution in [2.24, 2.45) is 0 Å². The molecule has 0 saturated heterocycles. The summed E-state index contributed by atoms with van der Waals surface area (Å²) in [5, 5.41) is 0. The molecule has 0 N–H and O–H groups in total. The van der Waals surface area contributed by atoms with Gasteiger partial charge >= 0.3 is 45.5 Å². The van der Waals surface area contributed by atoms with Gasteiger partial charge in [-0.2, -0.15) is 0 Å². The molecule has 0 rings (SSSR count). The molecule has 0 aliphatic carbocycles. The Kier molecular flexibility index (Phi) is 93.5. The third kappa shape index (κ3) is 9.59. The van der Waals surface area contributed by atoms with Crippen LogP contribution in [0.2, 0.25) is 0 Å². The van der Waals surface area contributed by atoms with E-state index in [9.17, 15) is 0 Å². The van der Waals surface area contributed by atoms with Gasteiger partial charge in [0.05, 0.1) is 0 Å². The van der Waals surface area contributed by atoms with E-state index >= 15 is 0 Å². The second-order valence-corrected chi connectivity index (χ2v) is 0. The van der Waals surface area contributed by atoms with E-state index in [0.29, 0.717) is 0 Å². The first kappa shape index (κ1) is 23.9. The van der Waals surface area contributed by atoms with Crippen LogP contribution in [-0.4, -0.2) is 45.5 Å². The van der Waals surface area contributed by atoms with Gasteiger partial charge in [0.2, 0.25) is 0 Å². The van der Waals surface area contributed by atoms with Crippen LogP contribution in [0.5, 0.6) is 0 Å². The predicted octanol–water partition coefficient (Wildman–Crippen LogP) is -0.161. The Morgan fingerprint density at radius 2 is 1.25 bits per heavy atom. The van der Waals surface area contributed by atoms with Crippen molar-refractivity contribution in [1.29, 1.82) is 0 Å². The Bertz CT molecular complexity index is 13.5. The molecule has 0 aromatic heterocycles. The summed E-state index contributed by atoms with van der Waals surface area (Å²) in [7, 11) is 0. The Labute approximate surface area is 130 Å². The van der Waals surface area contributed by atoms with Gasteiger partial charge in [0.15, 0.2) is 0 Å². The normalized spacial score (nSPS) is 0. The fourth-order valence-corrected chi connectivity index (χ4v) is 0. The predicted molar refractivity (Wildman–Crippen MR) is 7.98 cm³/mol. The monoisotopic (exact) mass is 394 g/mol.